The average Bonchev–Trinajstić information content (AvgIpc) is 3.39. The lowest BCUT2D eigenvalue weighted by Gasteiger charge is -2.32. The first kappa shape index (κ1) is 21.9. The summed E-state index contributed by atoms with van der Waals surface area (Å²) in [7, 11) is -3.83. The van der Waals surface area contributed by atoms with Crippen LogP contribution in [0.5, 0.6) is 0 Å². The molecular formula is C20H21ClN4O4S2. The van der Waals surface area contributed by atoms with E-state index in [2.05, 4.69) is 15.5 Å². The summed E-state index contributed by atoms with van der Waals surface area (Å²) in [6, 6.07) is 7.80. The molecule has 1 unspecified atom stereocenters. The molecule has 1 saturated heterocycles. The molecule has 1 aliphatic heterocycles. The van der Waals surface area contributed by atoms with E-state index in [9.17, 15) is 13.2 Å². The fourth-order valence-corrected chi connectivity index (χ4v) is 6.73. The molecule has 0 radical (unpaired) electrons. The van der Waals surface area contributed by atoms with Crippen LogP contribution in [0.2, 0.25) is 4.34 Å². The van der Waals surface area contributed by atoms with Gasteiger partial charge in [-0.1, -0.05) is 29.2 Å². The number of anilines is 1. The van der Waals surface area contributed by atoms with Crippen LogP contribution in [-0.4, -0.2) is 41.4 Å². The van der Waals surface area contributed by atoms with Gasteiger partial charge in [0.15, 0.2) is 0 Å². The number of benzene rings is 1. The second kappa shape index (κ2) is 8.70. The summed E-state index contributed by atoms with van der Waals surface area (Å²) in [5.74, 6) is -0.221. The van der Waals surface area contributed by atoms with Crippen molar-refractivity contribution < 1.29 is 17.6 Å². The van der Waals surface area contributed by atoms with Gasteiger partial charge >= 0.3 is 6.01 Å². The highest BCUT2D eigenvalue weighted by Crippen LogP contribution is 2.32. The molecule has 31 heavy (non-hydrogen) atoms. The smallest absolute Gasteiger partial charge is 0.322 e. The zero-order valence-electron chi connectivity index (χ0n) is 17.0. The molecule has 3 heterocycles. The van der Waals surface area contributed by atoms with Gasteiger partial charge in [0.2, 0.25) is 11.8 Å². The van der Waals surface area contributed by atoms with Crippen LogP contribution in [0.1, 0.15) is 30.4 Å². The number of rotatable bonds is 5. The number of aromatic nitrogens is 2. The predicted octanol–water partition coefficient (Wildman–Crippen LogP) is 4.25. The molecule has 0 aliphatic carbocycles. The minimum atomic E-state index is -3.83. The van der Waals surface area contributed by atoms with Crippen molar-refractivity contribution in [1.82, 2.24) is 14.5 Å². The number of carbonyl (C=O) groups is 1. The highest BCUT2D eigenvalue weighted by atomic mass is 35.5. The van der Waals surface area contributed by atoms with Crippen molar-refractivity contribution in [2.45, 2.75) is 43.4 Å². The van der Waals surface area contributed by atoms with Gasteiger partial charge < -0.3 is 4.42 Å². The lowest BCUT2D eigenvalue weighted by molar-refractivity contribution is -0.120. The van der Waals surface area contributed by atoms with Crippen LogP contribution in [0.25, 0.3) is 11.5 Å². The van der Waals surface area contributed by atoms with Crippen molar-refractivity contribution in [3.8, 4) is 11.5 Å². The van der Waals surface area contributed by atoms with Crippen molar-refractivity contribution in [3.05, 3.63) is 45.8 Å². The van der Waals surface area contributed by atoms with Crippen LogP contribution < -0.4 is 5.32 Å². The van der Waals surface area contributed by atoms with Crippen LogP contribution >= 0.6 is 22.9 Å². The van der Waals surface area contributed by atoms with Crippen molar-refractivity contribution in [3.63, 3.8) is 0 Å². The maximum absolute atomic E-state index is 13.1. The van der Waals surface area contributed by atoms with E-state index < -0.39 is 22.0 Å². The molecule has 0 spiro atoms. The summed E-state index contributed by atoms with van der Waals surface area (Å²) in [6.45, 7) is 4.25. The van der Waals surface area contributed by atoms with E-state index in [4.69, 9.17) is 16.0 Å². The highest BCUT2D eigenvalue weighted by Gasteiger charge is 2.38. The zero-order valence-corrected chi connectivity index (χ0v) is 19.4. The van der Waals surface area contributed by atoms with Crippen LogP contribution in [0, 0.1) is 13.8 Å². The Labute approximate surface area is 189 Å². The van der Waals surface area contributed by atoms with Crippen LogP contribution in [0.15, 0.2) is 39.0 Å². The minimum absolute atomic E-state index is 0.0692. The zero-order chi connectivity index (χ0) is 22.2. The Morgan fingerprint density at radius 1 is 1.19 bits per heavy atom. The molecule has 1 fully saturated rings. The Hall–Kier alpha value is -2.27. The Morgan fingerprint density at radius 3 is 2.71 bits per heavy atom. The molecule has 0 bridgehead atoms. The third-order valence-corrected chi connectivity index (χ3v) is 8.88. The Balaban J connectivity index is 1.53. The van der Waals surface area contributed by atoms with Crippen molar-refractivity contribution in [1.29, 1.82) is 0 Å². The Kier molecular flexibility index (Phi) is 6.16. The van der Waals surface area contributed by atoms with Crippen LogP contribution in [0.4, 0.5) is 6.01 Å². The van der Waals surface area contributed by atoms with Crippen molar-refractivity contribution in [2.24, 2.45) is 0 Å². The molecule has 4 rings (SSSR count). The van der Waals surface area contributed by atoms with Crippen LogP contribution in [0.3, 0.4) is 0 Å². The third kappa shape index (κ3) is 4.52. The maximum Gasteiger partial charge on any atom is 0.322 e. The quantitative estimate of drug-likeness (QED) is 0.585. The van der Waals surface area contributed by atoms with Gasteiger partial charge in [0, 0.05) is 12.1 Å². The summed E-state index contributed by atoms with van der Waals surface area (Å²) < 4.78 is 33.4. The molecule has 8 nitrogen and oxygen atoms in total. The topological polar surface area (TPSA) is 105 Å². The number of aryl methyl sites for hydroxylation is 2. The van der Waals surface area contributed by atoms with Gasteiger partial charge in [-0.3, -0.25) is 10.1 Å². The average molecular weight is 481 g/mol. The number of carbonyl (C=O) groups excluding carboxylic acids is 1. The summed E-state index contributed by atoms with van der Waals surface area (Å²) in [5.41, 5.74) is 2.97. The number of sulfonamides is 1. The molecular weight excluding hydrogens is 460 g/mol. The van der Waals surface area contributed by atoms with Gasteiger partial charge in [-0.2, -0.15) is 4.31 Å². The van der Waals surface area contributed by atoms with Gasteiger partial charge in [-0.25, -0.2) is 8.42 Å². The largest absolute Gasteiger partial charge is 0.403 e. The molecule has 1 aromatic carbocycles. The number of piperidine rings is 1. The molecule has 1 N–H and O–H groups in total. The van der Waals surface area contributed by atoms with Gasteiger partial charge in [-0.05, 0) is 62.1 Å². The maximum atomic E-state index is 13.1. The van der Waals surface area contributed by atoms with E-state index in [1.165, 1.54) is 16.4 Å². The number of hydrogen-bond acceptors (Lipinski definition) is 7. The predicted molar refractivity (Wildman–Crippen MR) is 119 cm³/mol. The molecule has 164 valence electrons. The van der Waals surface area contributed by atoms with Gasteiger partial charge in [0.05, 0.1) is 4.34 Å². The molecule has 3 aromatic rings. The molecule has 1 aliphatic rings. The molecule has 2 aromatic heterocycles. The number of halogens is 1. The molecule has 11 heteroatoms. The molecule has 1 atom stereocenters. The Morgan fingerprint density at radius 2 is 2.00 bits per heavy atom. The second-order valence-corrected chi connectivity index (χ2v) is 11.2. The van der Waals surface area contributed by atoms with E-state index in [-0.39, 0.29) is 22.7 Å². The number of amides is 1. The van der Waals surface area contributed by atoms with Gasteiger partial charge in [0.25, 0.3) is 10.0 Å². The lowest BCUT2D eigenvalue weighted by atomic mass is 10.0. The summed E-state index contributed by atoms with van der Waals surface area (Å²) in [5, 5.41) is 10.5. The first-order chi connectivity index (χ1) is 14.8. The third-order valence-electron chi connectivity index (χ3n) is 5.28. The number of thiophene rings is 1. The van der Waals surface area contributed by atoms with Crippen LogP contribution in [-0.2, 0) is 14.8 Å². The van der Waals surface area contributed by atoms with E-state index in [0.717, 1.165) is 34.4 Å². The van der Waals surface area contributed by atoms with Crippen molar-refractivity contribution in [2.75, 3.05) is 11.9 Å². The molecule has 1 amide bonds. The van der Waals surface area contributed by atoms with Gasteiger partial charge in [-0.15, -0.1) is 16.4 Å². The van der Waals surface area contributed by atoms with Crippen molar-refractivity contribution >= 4 is 44.9 Å². The van der Waals surface area contributed by atoms with Gasteiger partial charge in [0.1, 0.15) is 10.3 Å². The fraction of sp³-hybridized carbons (Fsp3) is 0.350. The number of nitrogens with one attached hydrogen (secondary N) is 1. The SMILES string of the molecule is Cc1ccc(-c2nnc(NC(=O)C3CCCCN3S(=O)(=O)c3ccc(Cl)s3)o2)cc1C. The first-order valence-corrected chi connectivity index (χ1v) is 12.4. The summed E-state index contributed by atoms with van der Waals surface area (Å²) in [6.07, 6.45) is 1.83. The van der Waals surface area contributed by atoms with E-state index >= 15 is 0 Å². The summed E-state index contributed by atoms with van der Waals surface area (Å²) in [4.78, 5) is 12.9. The molecule has 0 saturated carbocycles. The van der Waals surface area contributed by atoms with E-state index in [1.54, 1.807) is 0 Å². The Bertz CT molecular complexity index is 1220. The first-order valence-electron chi connectivity index (χ1n) is 9.75. The van der Waals surface area contributed by atoms with E-state index in [0.29, 0.717) is 17.2 Å². The number of hydrogen-bond donors (Lipinski definition) is 1. The highest BCUT2D eigenvalue weighted by molar-refractivity contribution is 7.91. The van der Waals surface area contributed by atoms with E-state index in [1.807, 2.05) is 32.0 Å². The normalized spacial score (nSPS) is 17.6. The second-order valence-electron chi connectivity index (χ2n) is 7.39. The fourth-order valence-electron chi connectivity index (χ4n) is 3.46. The lowest BCUT2D eigenvalue weighted by Crippen LogP contribution is -2.49. The number of nitrogens with zero attached hydrogens (tertiary/aromatic N) is 3. The minimum Gasteiger partial charge on any atom is -0.403 e. The standard InChI is InChI=1S/C20H21ClN4O4S2/c1-12-6-7-14(11-13(12)2)19-23-24-20(29-19)22-18(26)15-5-3-4-10-25(15)31(27,28)17-9-8-16(21)30-17/h6-9,11,15H,3-5,10H2,1-2H3,(H,22,24,26). The summed E-state index contributed by atoms with van der Waals surface area (Å²) >= 11 is 6.88. The monoisotopic (exact) mass is 480 g/mol.